The summed E-state index contributed by atoms with van der Waals surface area (Å²) in [6.07, 6.45) is 0. The summed E-state index contributed by atoms with van der Waals surface area (Å²) in [6, 6.07) is 10.2. The molecule has 2 heterocycles. The van der Waals surface area contributed by atoms with Gasteiger partial charge in [0.25, 0.3) is 5.91 Å². The number of carbonyl (C=O) groups is 1. The molecule has 0 radical (unpaired) electrons. The number of amides is 1. The first-order valence-corrected chi connectivity index (χ1v) is 9.48. The van der Waals surface area contributed by atoms with E-state index < -0.39 is 5.60 Å². The zero-order valence-corrected chi connectivity index (χ0v) is 16.9. The van der Waals surface area contributed by atoms with Crippen LogP contribution in [0.5, 0.6) is 0 Å². The van der Waals surface area contributed by atoms with Crippen molar-refractivity contribution in [3.8, 4) is 16.9 Å². The summed E-state index contributed by atoms with van der Waals surface area (Å²) in [4.78, 5) is 14.2. The molecule has 0 aliphatic carbocycles. The van der Waals surface area contributed by atoms with Crippen LogP contribution in [-0.4, -0.2) is 43.1 Å². The van der Waals surface area contributed by atoms with Crippen molar-refractivity contribution in [2.24, 2.45) is 0 Å². The van der Waals surface area contributed by atoms with Gasteiger partial charge in [-0.2, -0.15) is 0 Å². The molecule has 4 rings (SSSR count). The summed E-state index contributed by atoms with van der Waals surface area (Å²) >= 11 is 0. The Morgan fingerprint density at radius 2 is 1.93 bits per heavy atom. The summed E-state index contributed by atoms with van der Waals surface area (Å²) in [5.74, 6) is -0.362. The van der Waals surface area contributed by atoms with Crippen molar-refractivity contribution in [2.75, 3.05) is 6.54 Å². The number of carbonyl (C=O) groups excluding carboxylic acids is 1. The number of aryl methyl sites for hydroxylation is 1. The molecule has 2 aromatic carbocycles. The number of fused-ring (bicyclic) bond motifs is 1. The molecule has 1 aromatic heterocycles. The highest BCUT2D eigenvalue weighted by atomic mass is 19.1. The Morgan fingerprint density at radius 3 is 2.62 bits per heavy atom. The van der Waals surface area contributed by atoms with Crippen LogP contribution in [0.15, 0.2) is 36.4 Å². The van der Waals surface area contributed by atoms with Crippen molar-refractivity contribution in [3.05, 3.63) is 64.6 Å². The van der Waals surface area contributed by atoms with Gasteiger partial charge in [0.1, 0.15) is 11.5 Å². The van der Waals surface area contributed by atoms with Crippen LogP contribution < -0.4 is 0 Å². The van der Waals surface area contributed by atoms with E-state index >= 15 is 0 Å². The summed E-state index contributed by atoms with van der Waals surface area (Å²) in [6.45, 7) is 7.85. The highest BCUT2D eigenvalue weighted by Crippen LogP contribution is 2.30. The standard InChI is InChI=1S/C22H23FN4O2/c1-13-9-17(23)6-8-19(13)27-14(2)20(24-25-27)15-5-7-18-16(10-15)11-26(21(18)28)12-22(3,4)29/h5-10,29H,11-12H2,1-4H3. The molecule has 1 aliphatic heterocycles. The van der Waals surface area contributed by atoms with Crippen LogP contribution in [0, 0.1) is 19.7 Å². The molecule has 3 aromatic rings. The Kier molecular flexibility index (Phi) is 4.50. The van der Waals surface area contributed by atoms with E-state index in [0.29, 0.717) is 17.8 Å². The lowest BCUT2D eigenvalue weighted by atomic mass is 10.0. The van der Waals surface area contributed by atoms with Gasteiger partial charge in [0, 0.05) is 24.2 Å². The van der Waals surface area contributed by atoms with Gasteiger partial charge in [0.2, 0.25) is 0 Å². The number of hydrogen-bond donors (Lipinski definition) is 1. The molecule has 0 bridgehead atoms. The average Bonchev–Trinajstić information content (AvgIpc) is 3.14. The third-order valence-electron chi connectivity index (χ3n) is 5.12. The van der Waals surface area contributed by atoms with Gasteiger partial charge in [-0.15, -0.1) is 5.10 Å². The number of rotatable bonds is 4. The fourth-order valence-corrected chi connectivity index (χ4v) is 3.80. The van der Waals surface area contributed by atoms with Crippen molar-refractivity contribution in [2.45, 2.75) is 39.8 Å². The molecule has 1 N–H and O–H groups in total. The molecule has 0 unspecified atom stereocenters. The molecule has 29 heavy (non-hydrogen) atoms. The predicted octanol–water partition coefficient (Wildman–Crippen LogP) is 3.42. The molecule has 7 heteroatoms. The van der Waals surface area contributed by atoms with Crippen molar-refractivity contribution in [1.29, 1.82) is 0 Å². The summed E-state index contributed by atoms with van der Waals surface area (Å²) in [7, 11) is 0. The van der Waals surface area contributed by atoms with Crippen molar-refractivity contribution >= 4 is 5.91 Å². The lowest BCUT2D eigenvalue weighted by molar-refractivity contribution is 0.0314. The first-order valence-electron chi connectivity index (χ1n) is 9.48. The zero-order chi connectivity index (χ0) is 20.9. The fraction of sp³-hybridized carbons (Fsp3) is 0.318. The lowest BCUT2D eigenvalue weighted by Gasteiger charge is -2.24. The molecular formula is C22H23FN4O2. The second-order valence-electron chi connectivity index (χ2n) is 8.21. The largest absolute Gasteiger partial charge is 0.389 e. The summed E-state index contributed by atoms with van der Waals surface area (Å²) in [5, 5.41) is 18.6. The molecule has 0 saturated carbocycles. The van der Waals surface area contributed by atoms with Gasteiger partial charge in [0.05, 0.1) is 17.0 Å². The molecular weight excluding hydrogens is 371 g/mol. The van der Waals surface area contributed by atoms with Gasteiger partial charge in [-0.25, -0.2) is 9.07 Å². The fourth-order valence-electron chi connectivity index (χ4n) is 3.80. The van der Waals surface area contributed by atoms with E-state index in [0.717, 1.165) is 28.1 Å². The van der Waals surface area contributed by atoms with E-state index in [1.807, 2.05) is 26.0 Å². The normalized spacial score (nSPS) is 13.9. The first kappa shape index (κ1) is 19.3. The van der Waals surface area contributed by atoms with Gasteiger partial charge in [0.15, 0.2) is 0 Å². The van der Waals surface area contributed by atoms with Crippen LogP contribution in [-0.2, 0) is 6.54 Å². The maximum Gasteiger partial charge on any atom is 0.254 e. The van der Waals surface area contributed by atoms with Crippen LogP contribution in [0.2, 0.25) is 0 Å². The van der Waals surface area contributed by atoms with Crippen LogP contribution in [0.3, 0.4) is 0 Å². The minimum Gasteiger partial charge on any atom is -0.389 e. The third-order valence-corrected chi connectivity index (χ3v) is 5.12. The van der Waals surface area contributed by atoms with Crippen LogP contribution in [0.4, 0.5) is 4.39 Å². The predicted molar refractivity (Wildman–Crippen MR) is 107 cm³/mol. The van der Waals surface area contributed by atoms with Gasteiger partial charge >= 0.3 is 0 Å². The highest BCUT2D eigenvalue weighted by Gasteiger charge is 2.31. The molecule has 150 valence electrons. The molecule has 0 saturated heterocycles. The molecule has 0 spiro atoms. The molecule has 0 atom stereocenters. The second-order valence-corrected chi connectivity index (χ2v) is 8.21. The van der Waals surface area contributed by atoms with Crippen LogP contribution in [0.25, 0.3) is 16.9 Å². The quantitative estimate of drug-likeness (QED) is 0.736. The number of benzene rings is 2. The van der Waals surface area contributed by atoms with Crippen molar-refractivity contribution < 1.29 is 14.3 Å². The first-order chi connectivity index (χ1) is 13.6. The number of hydrogen-bond acceptors (Lipinski definition) is 4. The van der Waals surface area contributed by atoms with E-state index in [1.54, 1.807) is 35.6 Å². The topological polar surface area (TPSA) is 71.2 Å². The smallest absolute Gasteiger partial charge is 0.254 e. The Morgan fingerprint density at radius 1 is 1.17 bits per heavy atom. The minimum absolute atomic E-state index is 0.0732. The van der Waals surface area contributed by atoms with Crippen molar-refractivity contribution in [1.82, 2.24) is 19.9 Å². The van der Waals surface area contributed by atoms with E-state index in [9.17, 15) is 14.3 Å². The zero-order valence-electron chi connectivity index (χ0n) is 16.9. The average molecular weight is 394 g/mol. The Bertz CT molecular complexity index is 1110. The second kappa shape index (κ2) is 6.77. The maximum atomic E-state index is 13.4. The number of aromatic nitrogens is 3. The SMILES string of the molecule is Cc1cc(F)ccc1-n1nnc(-c2ccc3c(c2)CN(CC(C)(C)O)C3=O)c1C. The van der Waals surface area contributed by atoms with E-state index in [4.69, 9.17) is 0 Å². The Labute approximate surface area is 168 Å². The van der Waals surface area contributed by atoms with Crippen LogP contribution >= 0.6 is 0 Å². The molecule has 1 amide bonds. The summed E-state index contributed by atoms with van der Waals surface area (Å²) < 4.78 is 15.1. The number of halogens is 1. The van der Waals surface area contributed by atoms with E-state index in [1.165, 1.54) is 12.1 Å². The van der Waals surface area contributed by atoms with Gasteiger partial charge in [-0.05, 0) is 69.2 Å². The van der Waals surface area contributed by atoms with Gasteiger partial charge in [-0.3, -0.25) is 4.79 Å². The minimum atomic E-state index is -0.952. The third kappa shape index (κ3) is 3.53. The van der Waals surface area contributed by atoms with Gasteiger partial charge in [-0.1, -0.05) is 11.3 Å². The molecule has 6 nitrogen and oxygen atoms in total. The summed E-state index contributed by atoms with van der Waals surface area (Å²) in [5.41, 5.74) is 4.56. The number of nitrogens with zero attached hydrogens (tertiary/aromatic N) is 4. The number of β-amino-alcohol motifs (C(OH)–C–C–N with tert-alkyl or cyclic N) is 1. The van der Waals surface area contributed by atoms with Gasteiger partial charge < -0.3 is 10.0 Å². The van der Waals surface area contributed by atoms with Crippen molar-refractivity contribution in [3.63, 3.8) is 0 Å². The highest BCUT2D eigenvalue weighted by molar-refractivity contribution is 5.99. The maximum absolute atomic E-state index is 13.4. The van der Waals surface area contributed by atoms with Crippen LogP contribution in [0.1, 0.15) is 41.0 Å². The van der Waals surface area contributed by atoms with E-state index in [2.05, 4.69) is 10.3 Å². The molecule has 1 aliphatic rings. The Balaban J connectivity index is 1.68. The number of aliphatic hydroxyl groups is 1. The monoisotopic (exact) mass is 394 g/mol. The Hall–Kier alpha value is -3.06. The van der Waals surface area contributed by atoms with E-state index in [-0.39, 0.29) is 18.3 Å². The molecule has 0 fully saturated rings. The lowest BCUT2D eigenvalue weighted by Crippen LogP contribution is -2.38.